The average Bonchev–Trinajstić information content (AvgIpc) is 2.87. The third kappa shape index (κ3) is 2.42. The number of halogens is 1. The largest absolute Gasteiger partial charge is 0.487 e. The van der Waals surface area contributed by atoms with Crippen molar-refractivity contribution in [2.75, 3.05) is 18.0 Å². The zero-order valence-corrected chi connectivity index (χ0v) is 13.3. The van der Waals surface area contributed by atoms with E-state index in [4.69, 9.17) is 4.74 Å². The fraction of sp³-hybridized carbons (Fsp3) is 0.353. The zero-order valence-electron chi connectivity index (χ0n) is 11.8. The maximum atomic E-state index is 6.29. The number of piperidine rings is 1. The molecule has 0 bridgehead atoms. The quantitative estimate of drug-likeness (QED) is 0.735. The Hall–Kier alpha value is -1.55. The maximum absolute atomic E-state index is 6.29. The highest BCUT2D eigenvalue weighted by molar-refractivity contribution is 9.10. The van der Waals surface area contributed by atoms with Crippen molar-refractivity contribution in [1.29, 1.82) is 0 Å². The number of para-hydroxylation sites is 1. The predicted octanol–water partition coefficient (Wildman–Crippen LogP) is 3.82. The van der Waals surface area contributed by atoms with Crippen LogP contribution in [0.5, 0.6) is 5.75 Å². The lowest BCUT2D eigenvalue weighted by molar-refractivity contribution is 0.0668. The van der Waals surface area contributed by atoms with Crippen molar-refractivity contribution in [1.82, 2.24) is 4.98 Å². The molecule has 1 saturated heterocycles. The number of hydrogen-bond donors (Lipinski definition) is 0. The second-order valence-electron chi connectivity index (χ2n) is 5.90. The molecule has 0 saturated carbocycles. The van der Waals surface area contributed by atoms with E-state index < -0.39 is 0 Å². The molecule has 2 aliphatic rings. The highest BCUT2D eigenvalue weighted by Crippen LogP contribution is 2.41. The summed E-state index contributed by atoms with van der Waals surface area (Å²) < 4.78 is 7.17. The molecular formula is C17H17BrN2O. The minimum absolute atomic E-state index is 0.0168. The molecule has 0 unspecified atom stereocenters. The van der Waals surface area contributed by atoms with Gasteiger partial charge < -0.3 is 9.64 Å². The van der Waals surface area contributed by atoms with Crippen LogP contribution in [0.3, 0.4) is 0 Å². The molecular weight excluding hydrogens is 328 g/mol. The van der Waals surface area contributed by atoms with Crippen LogP contribution in [0.2, 0.25) is 0 Å². The Labute approximate surface area is 133 Å². The SMILES string of the molecule is Brc1ccc(N2CCC3(CC2)Cc2ccccc2O3)cn1. The Morgan fingerprint density at radius 3 is 2.62 bits per heavy atom. The van der Waals surface area contributed by atoms with E-state index in [0.717, 1.165) is 42.7 Å². The number of rotatable bonds is 1. The molecule has 1 fully saturated rings. The van der Waals surface area contributed by atoms with Gasteiger partial charge in [0, 0.05) is 32.4 Å². The molecule has 0 radical (unpaired) electrons. The van der Waals surface area contributed by atoms with Gasteiger partial charge in [0.25, 0.3) is 0 Å². The van der Waals surface area contributed by atoms with Crippen LogP contribution >= 0.6 is 15.9 Å². The van der Waals surface area contributed by atoms with Crippen LogP contribution in [-0.4, -0.2) is 23.7 Å². The van der Waals surface area contributed by atoms with Crippen LogP contribution in [0.4, 0.5) is 5.69 Å². The van der Waals surface area contributed by atoms with E-state index in [1.807, 2.05) is 12.3 Å². The first kappa shape index (κ1) is 13.1. The van der Waals surface area contributed by atoms with Crippen molar-refractivity contribution in [3.8, 4) is 5.75 Å². The summed E-state index contributed by atoms with van der Waals surface area (Å²) in [7, 11) is 0. The van der Waals surface area contributed by atoms with E-state index in [1.54, 1.807) is 0 Å². The molecule has 4 heteroatoms. The van der Waals surface area contributed by atoms with Gasteiger partial charge in [0.1, 0.15) is 16.0 Å². The van der Waals surface area contributed by atoms with Crippen molar-refractivity contribution < 1.29 is 4.74 Å². The molecule has 2 aromatic rings. The number of ether oxygens (including phenoxy) is 1. The van der Waals surface area contributed by atoms with Crippen LogP contribution < -0.4 is 9.64 Å². The summed E-state index contributed by atoms with van der Waals surface area (Å²) >= 11 is 3.39. The Balaban J connectivity index is 1.47. The molecule has 3 nitrogen and oxygen atoms in total. The number of fused-ring (bicyclic) bond motifs is 1. The highest BCUT2D eigenvalue weighted by Gasteiger charge is 2.41. The number of hydrogen-bond acceptors (Lipinski definition) is 3. The molecule has 4 rings (SSSR count). The summed E-state index contributed by atoms with van der Waals surface area (Å²) in [6.45, 7) is 2.05. The van der Waals surface area contributed by atoms with Crippen LogP contribution in [0.15, 0.2) is 47.2 Å². The van der Waals surface area contributed by atoms with Crippen molar-refractivity contribution in [2.45, 2.75) is 24.9 Å². The third-order valence-electron chi connectivity index (χ3n) is 4.56. The van der Waals surface area contributed by atoms with Crippen LogP contribution in [0.1, 0.15) is 18.4 Å². The summed E-state index contributed by atoms with van der Waals surface area (Å²) in [6.07, 6.45) is 5.12. The van der Waals surface area contributed by atoms with Crippen LogP contribution in [0, 0.1) is 0 Å². The Kier molecular flexibility index (Phi) is 3.14. The van der Waals surface area contributed by atoms with Crippen molar-refractivity contribution in [2.24, 2.45) is 0 Å². The number of benzene rings is 1. The summed E-state index contributed by atoms with van der Waals surface area (Å²) in [4.78, 5) is 6.72. The minimum Gasteiger partial charge on any atom is -0.487 e. The second kappa shape index (κ2) is 5.02. The lowest BCUT2D eigenvalue weighted by Gasteiger charge is -2.39. The molecule has 3 heterocycles. The molecule has 1 aromatic heterocycles. The summed E-state index contributed by atoms with van der Waals surface area (Å²) in [5.41, 5.74) is 2.57. The number of nitrogens with zero attached hydrogens (tertiary/aromatic N) is 2. The maximum Gasteiger partial charge on any atom is 0.123 e. The van der Waals surface area contributed by atoms with E-state index in [0.29, 0.717) is 0 Å². The van der Waals surface area contributed by atoms with E-state index in [9.17, 15) is 0 Å². The zero-order chi connectivity index (χ0) is 14.3. The number of pyridine rings is 1. The first-order chi connectivity index (χ1) is 10.2. The van der Waals surface area contributed by atoms with Gasteiger partial charge in [-0.15, -0.1) is 0 Å². The predicted molar refractivity (Wildman–Crippen MR) is 86.9 cm³/mol. The fourth-order valence-electron chi connectivity index (χ4n) is 3.37. The van der Waals surface area contributed by atoms with E-state index in [2.05, 4.69) is 56.1 Å². The number of aromatic nitrogens is 1. The van der Waals surface area contributed by atoms with Crippen molar-refractivity contribution >= 4 is 21.6 Å². The standard InChI is InChI=1S/C17H17BrN2O/c18-16-6-5-14(12-19-16)20-9-7-17(8-10-20)11-13-3-1-2-4-15(13)21-17/h1-6,12H,7-11H2. The normalized spacial score (nSPS) is 19.4. The van der Waals surface area contributed by atoms with Crippen LogP contribution in [0.25, 0.3) is 0 Å². The van der Waals surface area contributed by atoms with Gasteiger partial charge in [-0.1, -0.05) is 18.2 Å². The third-order valence-corrected chi connectivity index (χ3v) is 5.03. The Morgan fingerprint density at radius 2 is 1.90 bits per heavy atom. The van der Waals surface area contributed by atoms with E-state index in [-0.39, 0.29) is 5.60 Å². The molecule has 21 heavy (non-hydrogen) atoms. The van der Waals surface area contributed by atoms with Gasteiger partial charge in [-0.25, -0.2) is 4.98 Å². The van der Waals surface area contributed by atoms with Gasteiger partial charge in [-0.3, -0.25) is 0 Å². The molecule has 0 amide bonds. The molecule has 0 N–H and O–H groups in total. The lowest BCUT2D eigenvalue weighted by Crippen LogP contribution is -2.47. The average molecular weight is 345 g/mol. The molecule has 0 aliphatic carbocycles. The Bertz CT molecular complexity index is 621. The first-order valence-corrected chi connectivity index (χ1v) is 8.17. The van der Waals surface area contributed by atoms with Gasteiger partial charge in [0.15, 0.2) is 0 Å². The summed E-state index contributed by atoms with van der Waals surface area (Å²) in [6, 6.07) is 12.6. The van der Waals surface area contributed by atoms with E-state index in [1.165, 1.54) is 11.3 Å². The molecule has 2 aliphatic heterocycles. The smallest absolute Gasteiger partial charge is 0.123 e. The van der Waals surface area contributed by atoms with Gasteiger partial charge in [-0.2, -0.15) is 0 Å². The van der Waals surface area contributed by atoms with Gasteiger partial charge in [0.2, 0.25) is 0 Å². The minimum atomic E-state index is 0.0168. The summed E-state index contributed by atoms with van der Waals surface area (Å²) in [5, 5.41) is 0. The van der Waals surface area contributed by atoms with Gasteiger partial charge in [-0.05, 0) is 39.7 Å². The molecule has 1 aromatic carbocycles. The van der Waals surface area contributed by atoms with Gasteiger partial charge in [0.05, 0.1) is 11.9 Å². The topological polar surface area (TPSA) is 25.4 Å². The second-order valence-corrected chi connectivity index (χ2v) is 6.71. The Morgan fingerprint density at radius 1 is 1.10 bits per heavy atom. The lowest BCUT2D eigenvalue weighted by atomic mass is 9.87. The highest BCUT2D eigenvalue weighted by atomic mass is 79.9. The summed E-state index contributed by atoms with van der Waals surface area (Å²) in [5.74, 6) is 1.08. The first-order valence-electron chi connectivity index (χ1n) is 7.38. The van der Waals surface area contributed by atoms with Gasteiger partial charge >= 0.3 is 0 Å². The van der Waals surface area contributed by atoms with E-state index >= 15 is 0 Å². The monoisotopic (exact) mass is 344 g/mol. The fourth-order valence-corrected chi connectivity index (χ4v) is 3.61. The van der Waals surface area contributed by atoms with Crippen molar-refractivity contribution in [3.63, 3.8) is 0 Å². The number of anilines is 1. The molecule has 1 spiro atoms. The van der Waals surface area contributed by atoms with Crippen molar-refractivity contribution in [3.05, 3.63) is 52.8 Å². The van der Waals surface area contributed by atoms with Crippen LogP contribution in [-0.2, 0) is 6.42 Å². The molecule has 0 atom stereocenters. The molecule has 108 valence electrons.